The molecule has 1 heterocycles. The zero-order valence-corrected chi connectivity index (χ0v) is 15.5. The summed E-state index contributed by atoms with van der Waals surface area (Å²) in [6.45, 7) is 16.6. The number of amides is 1. The van der Waals surface area contributed by atoms with Crippen molar-refractivity contribution in [2.75, 3.05) is 32.8 Å². The summed E-state index contributed by atoms with van der Waals surface area (Å²) in [6.07, 6.45) is 0. The van der Waals surface area contributed by atoms with Gasteiger partial charge in [0.25, 0.3) is 0 Å². The Labute approximate surface area is 146 Å². The molecule has 4 heteroatoms. The number of hydrogen-bond acceptors (Lipinski definition) is 3. The summed E-state index contributed by atoms with van der Waals surface area (Å²) < 4.78 is 5.85. The molecule has 1 aromatic carbocycles. The summed E-state index contributed by atoms with van der Waals surface area (Å²) in [7, 11) is 0. The predicted octanol–water partition coefficient (Wildman–Crippen LogP) is 3.33. The monoisotopic (exact) mass is 330 g/mol. The van der Waals surface area contributed by atoms with Crippen molar-refractivity contribution in [3.05, 3.63) is 42.0 Å². The second kappa shape index (κ2) is 7.84. The van der Waals surface area contributed by atoms with Gasteiger partial charge in [-0.15, -0.1) is 0 Å². The van der Waals surface area contributed by atoms with E-state index < -0.39 is 0 Å². The minimum atomic E-state index is -0.300. The van der Waals surface area contributed by atoms with E-state index in [1.54, 1.807) is 0 Å². The molecule has 0 aliphatic carbocycles. The third-order valence-corrected chi connectivity index (χ3v) is 4.14. The van der Waals surface area contributed by atoms with Crippen LogP contribution in [0.3, 0.4) is 0 Å². The lowest BCUT2D eigenvalue weighted by Gasteiger charge is -2.37. The van der Waals surface area contributed by atoms with Crippen LogP contribution in [0.5, 0.6) is 5.75 Å². The average Bonchev–Trinajstić information content (AvgIpc) is 2.53. The number of carbonyl (C=O) groups excluding carboxylic acids is 1. The van der Waals surface area contributed by atoms with Crippen LogP contribution in [-0.2, 0) is 11.3 Å². The highest BCUT2D eigenvalue weighted by molar-refractivity contribution is 5.81. The second-order valence-corrected chi connectivity index (χ2v) is 7.67. The summed E-state index contributed by atoms with van der Waals surface area (Å²) in [5.41, 5.74) is 1.90. The first-order valence-corrected chi connectivity index (χ1v) is 8.64. The van der Waals surface area contributed by atoms with E-state index in [1.165, 1.54) is 5.56 Å². The lowest BCUT2D eigenvalue weighted by molar-refractivity contribution is -0.141. The van der Waals surface area contributed by atoms with E-state index in [1.807, 2.05) is 50.8 Å². The molecule has 1 saturated heterocycles. The summed E-state index contributed by atoms with van der Waals surface area (Å²) in [6, 6.07) is 8.16. The van der Waals surface area contributed by atoms with Crippen LogP contribution in [0, 0.1) is 5.41 Å². The van der Waals surface area contributed by atoms with Crippen LogP contribution in [-0.4, -0.2) is 48.5 Å². The fourth-order valence-corrected chi connectivity index (χ4v) is 2.80. The molecular weight excluding hydrogens is 300 g/mol. The van der Waals surface area contributed by atoms with Gasteiger partial charge in [-0.3, -0.25) is 9.69 Å². The molecule has 132 valence electrons. The number of para-hydroxylation sites is 1. The van der Waals surface area contributed by atoms with E-state index in [0.717, 1.165) is 44.0 Å². The summed E-state index contributed by atoms with van der Waals surface area (Å²) in [4.78, 5) is 16.7. The number of carbonyl (C=O) groups is 1. The molecule has 0 saturated carbocycles. The molecule has 0 atom stereocenters. The van der Waals surface area contributed by atoms with Crippen LogP contribution in [0.4, 0.5) is 0 Å². The first kappa shape index (κ1) is 18.5. The predicted molar refractivity (Wildman–Crippen MR) is 98.1 cm³/mol. The van der Waals surface area contributed by atoms with E-state index in [2.05, 4.69) is 17.5 Å². The number of rotatable bonds is 5. The summed E-state index contributed by atoms with van der Waals surface area (Å²) in [5, 5.41) is 0. The average molecular weight is 330 g/mol. The van der Waals surface area contributed by atoms with Gasteiger partial charge >= 0.3 is 0 Å². The highest BCUT2D eigenvalue weighted by Gasteiger charge is 2.29. The molecule has 24 heavy (non-hydrogen) atoms. The van der Waals surface area contributed by atoms with Crippen molar-refractivity contribution in [2.45, 2.75) is 34.2 Å². The van der Waals surface area contributed by atoms with Crippen LogP contribution in [0.15, 0.2) is 36.4 Å². The maximum Gasteiger partial charge on any atom is 0.228 e. The van der Waals surface area contributed by atoms with Crippen LogP contribution < -0.4 is 4.74 Å². The Balaban J connectivity index is 1.92. The molecule has 4 nitrogen and oxygen atoms in total. The van der Waals surface area contributed by atoms with E-state index in [0.29, 0.717) is 6.61 Å². The fourth-order valence-electron chi connectivity index (χ4n) is 2.80. The van der Waals surface area contributed by atoms with Crippen molar-refractivity contribution in [3.8, 4) is 5.75 Å². The number of piperazine rings is 1. The third kappa shape index (κ3) is 5.10. The number of ether oxygens (including phenoxy) is 1. The van der Waals surface area contributed by atoms with Crippen LogP contribution in [0.2, 0.25) is 0 Å². The molecule has 0 N–H and O–H groups in total. The van der Waals surface area contributed by atoms with Gasteiger partial charge in [0.2, 0.25) is 5.91 Å². The Kier molecular flexibility index (Phi) is 6.05. The highest BCUT2D eigenvalue weighted by Crippen LogP contribution is 2.22. The topological polar surface area (TPSA) is 32.8 Å². The molecule has 1 aromatic rings. The van der Waals surface area contributed by atoms with Gasteiger partial charge in [0.05, 0.1) is 0 Å². The van der Waals surface area contributed by atoms with Crippen LogP contribution >= 0.6 is 0 Å². The Hall–Kier alpha value is -1.81. The van der Waals surface area contributed by atoms with Gasteiger partial charge in [-0.05, 0) is 18.6 Å². The SMILES string of the molecule is C=C(C)COc1ccccc1CN1CCN(C(=O)C(C)(C)C)CC1. The van der Waals surface area contributed by atoms with Crippen molar-refractivity contribution in [3.63, 3.8) is 0 Å². The van der Waals surface area contributed by atoms with Gasteiger partial charge in [0.15, 0.2) is 0 Å². The smallest absolute Gasteiger partial charge is 0.228 e. The lowest BCUT2D eigenvalue weighted by Crippen LogP contribution is -2.51. The van der Waals surface area contributed by atoms with Gasteiger partial charge in [-0.2, -0.15) is 0 Å². The number of hydrogen-bond donors (Lipinski definition) is 0. The molecule has 0 radical (unpaired) electrons. The Morgan fingerprint density at radius 1 is 1.17 bits per heavy atom. The Morgan fingerprint density at radius 3 is 2.38 bits per heavy atom. The number of nitrogens with zero attached hydrogens (tertiary/aromatic N) is 2. The fraction of sp³-hybridized carbons (Fsp3) is 0.550. The Morgan fingerprint density at radius 2 is 1.79 bits per heavy atom. The largest absolute Gasteiger partial charge is 0.489 e. The molecule has 0 spiro atoms. The maximum atomic E-state index is 12.4. The van der Waals surface area contributed by atoms with E-state index in [4.69, 9.17) is 4.74 Å². The van der Waals surface area contributed by atoms with E-state index in [-0.39, 0.29) is 11.3 Å². The molecular formula is C20H30N2O2. The van der Waals surface area contributed by atoms with Gasteiger partial charge < -0.3 is 9.64 Å². The zero-order chi connectivity index (χ0) is 17.7. The minimum Gasteiger partial charge on any atom is -0.489 e. The lowest BCUT2D eigenvalue weighted by atomic mass is 9.94. The second-order valence-electron chi connectivity index (χ2n) is 7.67. The van der Waals surface area contributed by atoms with Gasteiger partial charge in [0.1, 0.15) is 12.4 Å². The van der Waals surface area contributed by atoms with Crippen molar-refractivity contribution >= 4 is 5.91 Å². The Bertz CT molecular complexity index is 582. The van der Waals surface area contributed by atoms with Crippen molar-refractivity contribution in [1.82, 2.24) is 9.80 Å². The quantitative estimate of drug-likeness (QED) is 0.776. The number of benzene rings is 1. The maximum absolute atomic E-state index is 12.4. The van der Waals surface area contributed by atoms with Gasteiger partial charge in [-0.1, -0.05) is 45.5 Å². The molecule has 1 fully saturated rings. The summed E-state index contributed by atoms with van der Waals surface area (Å²) in [5.74, 6) is 1.17. The van der Waals surface area contributed by atoms with E-state index >= 15 is 0 Å². The normalized spacial score (nSPS) is 16.1. The summed E-state index contributed by atoms with van der Waals surface area (Å²) >= 11 is 0. The molecule has 2 rings (SSSR count). The minimum absolute atomic E-state index is 0.243. The first-order chi connectivity index (χ1) is 11.3. The molecule has 0 bridgehead atoms. The van der Waals surface area contributed by atoms with Crippen molar-refractivity contribution < 1.29 is 9.53 Å². The molecule has 0 aromatic heterocycles. The van der Waals surface area contributed by atoms with E-state index in [9.17, 15) is 4.79 Å². The first-order valence-electron chi connectivity index (χ1n) is 8.64. The zero-order valence-electron chi connectivity index (χ0n) is 15.5. The standard InChI is InChI=1S/C20H30N2O2/c1-16(2)15-24-18-9-7-6-8-17(18)14-21-10-12-22(13-11-21)19(23)20(3,4)5/h6-9H,1,10-15H2,2-5H3. The molecule has 1 aliphatic heterocycles. The van der Waals surface area contributed by atoms with Gasteiger partial charge in [0, 0.05) is 43.7 Å². The van der Waals surface area contributed by atoms with Gasteiger partial charge in [-0.25, -0.2) is 0 Å². The van der Waals surface area contributed by atoms with Crippen molar-refractivity contribution in [1.29, 1.82) is 0 Å². The molecule has 1 aliphatic rings. The molecule has 0 unspecified atom stereocenters. The third-order valence-electron chi connectivity index (χ3n) is 4.14. The van der Waals surface area contributed by atoms with Crippen molar-refractivity contribution in [2.24, 2.45) is 5.41 Å². The van der Waals surface area contributed by atoms with Crippen LogP contribution in [0.25, 0.3) is 0 Å². The highest BCUT2D eigenvalue weighted by atomic mass is 16.5. The van der Waals surface area contributed by atoms with Crippen LogP contribution in [0.1, 0.15) is 33.3 Å². The molecule has 1 amide bonds.